The van der Waals surface area contributed by atoms with Crippen molar-refractivity contribution in [1.82, 2.24) is 9.47 Å². The molecule has 0 bridgehead atoms. The van der Waals surface area contributed by atoms with E-state index in [4.69, 9.17) is 9.47 Å². The zero-order chi connectivity index (χ0) is 26.9. The van der Waals surface area contributed by atoms with Crippen LogP contribution in [-0.4, -0.2) is 41.0 Å². The molecule has 1 amide bonds. The minimum Gasteiger partial charge on any atom is -0.494 e. The van der Waals surface area contributed by atoms with Gasteiger partial charge in [-0.2, -0.15) is 5.26 Å². The molecule has 192 valence electrons. The highest BCUT2D eigenvalue weighted by Gasteiger charge is 2.29. The molecule has 0 N–H and O–H groups in total. The van der Waals surface area contributed by atoms with Crippen molar-refractivity contribution >= 4 is 18.0 Å². The molecule has 1 aromatic heterocycles. The Morgan fingerprint density at radius 3 is 2.24 bits per heavy atom. The van der Waals surface area contributed by atoms with Crippen LogP contribution in [0.5, 0.6) is 5.75 Å². The van der Waals surface area contributed by atoms with E-state index in [0.717, 1.165) is 22.8 Å². The molecule has 0 aliphatic heterocycles. The van der Waals surface area contributed by atoms with Crippen molar-refractivity contribution in [2.75, 3.05) is 19.7 Å². The lowest BCUT2D eigenvalue weighted by Gasteiger charge is -2.25. The highest BCUT2D eigenvalue weighted by molar-refractivity contribution is 5.99. The normalized spacial score (nSPS) is 11.9. The first-order valence-corrected chi connectivity index (χ1v) is 12.4. The number of likely N-dealkylation sites (N-methyl/N-ethyl adjacent to an activating group) is 1. The Kier molecular flexibility index (Phi) is 9.28. The number of hydrogen-bond acceptors (Lipinski definition) is 5. The van der Waals surface area contributed by atoms with Crippen LogP contribution in [0.15, 0.2) is 66.2 Å². The second kappa shape index (κ2) is 12.6. The molecule has 1 atom stereocenters. The molecule has 3 aromatic rings. The van der Waals surface area contributed by atoms with Crippen molar-refractivity contribution in [3.05, 3.63) is 88.8 Å². The molecule has 0 aliphatic rings. The molecule has 1 unspecified atom stereocenters. The summed E-state index contributed by atoms with van der Waals surface area (Å²) >= 11 is 0. The summed E-state index contributed by atoms with van der Waals surface area (Å²) < 4.78 is 13.2. The minimum atomic E-state index is -1.14. The quantitative estimate of drug-likeness (QED) is 0.207. The lowest BCUT2D eigenvalue weighted by Crippen LogP contribution is -2.36. The van der Waals surface area contributed by atoms with Gasteiger partial charge in [-0.25, -0.2) is 4.79 Å². The number of carbonyl (C=O) groups excluding carboxylic acids is 2. The van der Waals surface area contributed by atoms with E-state index in [1.807, 2.05) is 81.7 Å². The highest BCUT2D eigenvalue weighted by Crippen LogP contribution is 2.26. The number of amides is 1. The third-order valence-corrected chi connectivity index (χ3v) is 6.14. The largest absolute Gasteiger partial charge is 0.494 e. The van der Waals surface area contributed by atoms with E-state index in [1.54, 1.807) is 29.2 Å². The summed E-state index contributed by atoms with van der Waals surface area (Å²) in [6.07, 6.45) is 0.376. The van der Waals surface area contributed by atoms with E-state index >= 15 is 0 Å². The maximum Gasteiger partial charge on any atom is 0.350 e. The number of nitrogens with zero attached hydrogens (tertiary/aromatic N) is 3. The number of aromatic nitrogens is 1. The van der Waals surface area contributed by atoms with Crippen molar-refractivity contribution in [2.24, 2.45) is 0 Å². The van der Waals surface area contributed by atoms with Crippen LogP contribution >= 0.6 is 0 Å². The molecule has 0 radical (unpaired) electrons. The molecule has 0 saturated heterocycles. The Labute approximate surface area is 218 Å². The Hall–Kier alpha value is -4.31. The first-order chi connectivity index (χ1) is 17.8. The van der Waals surface area contributed by atoms with Gasteiger partial charge in [0.15, 0.2) is 0 Å². The third-order valence-electron chi connectivity index (χ3n) is 6.14. The predicted molar refractivity (Wildman–Crippen MR) is 143 cm³/mol. The zero-order valence-electron chi connectivity index (χ0n) is 22.0. The van der Waals surface area contributed by atoms with Gasteiger partial charge < -0.3 is 18.9 Å². The topological polar surface area (TPSA) is 84.6 Å². The van der Waals surface area contributed by atoms with Gasteiger partial charge >= 0.3 is 5.97 Å². The van der Waals surface area contributed by atoms with E-state index in [9.17, 15) is 14.9 Å². The maximum absolute atomic E-state index is 13.2. The van der Waals surface area contributed by atoms with Crippen molar-refractivity contribution < 1.29 is 19.1 Å². The van der Waals surface area contributed by atoms with Gasteiger partial charge in [-0.3, -0.25) is 4.79 Å². The molecule has 1 heterocycles. The maximum atomic E-state index is 13.2. The molecular formula is C30H33N3O4. The molecule has 7 heteroatoms. The van der Waals surface area contributed by atoms with E-state index in [2.05, 4.69) is 0 Å². The van der Waals surface area contributed by atoms with Gasteiger partial charge in [-0.1, -0.05) is 30.3 Å². The van der Waals surface area contributed by atoms with Crippen molar-refractivity contribution in [3.63, 3.8) is 0 Å². The van der Waals surface area contributed by atoms with Crippen LogP contribution in [0.1, 0.15) is 49.4 Å². The summed E-state index contributed by atoms with van der Waals surface area (Å²) in [4.78, 5) is 27.9. The average Bonchev–Trinajstić information content (AvgIpc) is 3.19. The van der Waals surface area contributed by atoms with Gasteiger partial charge in [0.05, 0.1) is 6.61 Å². The fraction of sp³-hybridized carbons (Fsp3) is 0.300. The van der Waals surface area contributed by atoms with Gasteiger partial charge in [0, 0.05) is 35.7 Å². The monoisotopic (exact) mass is 499 g/mol. The Bertz CT molecular complexity index is 1300. The first kappa shape index (κ1) is 27.3. The number of aryl methyl sites for hydroxylation is 1. The fourth-order valence-electron chi connectivity index (χ4n) is 4.24. The smallest absolute Gasteiger partial charge is 0.350 e. The van der Waals surface area contributed by atoms with E-state index in [0.29, 0.717) is 30.8 Å². The van der Waals surface area contributed by atoms with E-state index in [1.165, 1.54) is 6.08 Å². The number of esters is 1. The van der Waals surface area contributed by atoms with Crippen molar-refractivity contribution in [2.45, 2.75) is 40.7 Å². The SMILES string of the molecule is CCOc1ccc(-n2c(C)cc(C=C(C#N)C(=O)OC(C(=O)N(CC)CC)c3ccccc3)c2C)cc1. The minimum absolute atomic E-state index is 0.180. The second-order valence-electron chi connectivity index (χ2n) is 8.47. The zero-order valence-corrected chi connectivity index (χ0v) is 22.0. The summed E-state index contributed by atoms with van der Waals surface area (Å²) in [5, 5.41) is 9.81. The summed E-state index contributed by atoms with van der Waals surface area (Å²) in [5.74, 6) is -0.381. The number of hydrogen-bond donors (Lipinski definition) is 0. The number of benzene rings is 2. The summed E-state index contributed by atoms with van der Waals surface area (Å²) in [6, 6.07) is 20.4. The number of rotatable bonds is 10. The molecular weight excluding hydrogens is 466 g/mol. The first-order valence-electron chi connectivity index (χ1n) is 12.4. The molecule has 0 aliphatic carbocycles. The molecule has 3 rings (SSSR count). The summed E-state index contributed by atoms with van der Waals surface area (Å²) in [6.45, 7) is 11.1. The van der Waals surface area contributed by atoms with Gasteiger partial charge in [0.25, 0.3) is 5.91 Å². The van der Waals surface area contributed by atoms with Gasteiger partial charge in [-0.15, -0.1) is 0 Å². The van der Waals surface area contributed by atoms with Crippen LogP contribution in [-0.2, 0) is 14.3 Å². The molecule has 0 saturated carbocycles. The van der Waals surface area contributed by atoms with Crippen LogP contribution in [0.4, 0.5) is 0 Å². The van der Waals surface area contributed by atoms with Gasteiger partial charge in [0.1, 0.15) is 17.4 Å². The molecule has 0 spiro atoms. The Balaban J connectivity index is 1.92. The van der Waals surface area contributed by atoms with Crippen LogP contribution in [0, 0.1) is 25.2 Å². The Morgan fingerprint density at radius 1 is 1.03 bits per heavy atom. The number of carbonyl (C=O) groups is 2. The van der Waals surface area contributed by atoms with Crippen molar-refractivity contribution in [1.29, 1.82) is 5.26 Å². The van der Waals surface area contributed by atoms with Crippen LogP contribution in [0.2, 0.25) is 0 Å². The lowest BCUT2D eigenvalue weighted by molar-refractivity contribution is -0.157. The van der Waals surface area contributed by atoms with Gasteiger partial charge in [-0.05, 0) is 76.6 Å². The second-order valence-corrected chi connectivity index (χ2v) is 8.47. The van der Waals surface area contributed by atoms with E-state index < -0.39 is 12.1 Å². The summed E-state index contributed by atoms with van der Waals surface area (Å²) in [5.41, 5.74) is 3.83. The van der Waals surface area contributed by atoms with Crippen molar-refractivity contribution in [3.8, 4) is 17.5 Å². The summed E-state index contributed by atoms with van der Waals surface area (Å²) in [7, 11) is 0. The van der Waals surface area contributed by atoms with Crippen LogP contribution in [0.25, 0.3) is 11.8 Å². The highest BCUT2D eigenvalue weighted by atomic mass is 16.5. The average molecular weight is 500 g/mol. The fourth-order valence-corrected chi connectivity index (χ4v) is 4.24. The number of ether oxygens (including phenoxy) is 2. The predicted octanol–water partition coefficient (Wildman–Crippen LogP) is 5.55. The molecule has 0 fully saturated rings. The molecule has 7 nitrogen and oxygen atoms in total. The standard InChI is InChI=1S/C30H33N3O4/c1-6-32(7-2)29(34)28(23-12-10-9-11-13-23)37-30(35)25(20-31)19-24-18-21(4)33(22(24)5)26-14-16-27(17-15-26)36-8-3/h9-19,28H,6-8H2,1-5H3. The third kappa shape index (κ3) is 6.28. The molecule has 2 aromatic carbocycles. The lowest BCUT2D eigenvalue weighted by atomic mass is 10.1. The number of nitriles is 1. The molecule has 37 heavy (non-hydrogen) atoms. The van der Waals surface area contributed by atoms with Crippen LogP contribution in [0.3, 0.4) is 0 Å². The van der Waals surface area contributed by atoms with Gasteiger partial charge in [0.2, 0.25) is 6.10 Å². The van der Waals surface area contributed by atoms with Crippen LogP contribution < -0.4 is 4.74 Å². The van der Waals surface area contributed by atoms with E-state index in [-0.39, 0.29) is 11.5 Å². The Morgan fingerprint density at radius 2 is 1.68 bits per heavy atom.